The van der Waals surface area contributed by atoms with Crippen LogP contribution in [0.15, 0.2) is 42.5 Å². The molecule has 0 spiro atoms. The lowest BCUT2D eigenvalue weighted by Gasteiger charge is -2.25. The number of nitrogens with zero attached hydrogens (tertiary/aromatic N) is 2. The second-order valence-electron chi connectivity index (χ2n) is 6.32. The second kappa shape index (κ2) is 6.43. The first kappa shape index (κ1) is 16.2. The minimum Gasteiger partial charge on any atom is -0.338 e. The monoisotopic (exact) mass is 323 g/mol. The van der Waals surface area contributed by atoms with Crippen LogP contribution in [0.25, 0.3) is 0 Å². The van der Waals surface area contributed by atoms with E-state index in [9.17, 15) is 9.59 Å². The summed E-state index contributed by atoms with van der Waals surface area (Å²) < 4.78 is 0. The van der Waals surface area contributed by atoms with Gasteiger partial charge in [-0.2, -0.15) is 0 Å². The highest BCUT2D eigenvalue weighted by molar-refractivity contribution is 5.97. The summed E-state index contributed by atoms with van der Waals surface area (Å²) in [6.45, 7) is 3.89. The van der Waals surface area contributed by atoms with E-state index in [2.05, 4.69) is 10.3 Å². The molecule has 5 heteroatoms. The van der Waals surface area contributed by atoms with Crippen molar-refractivity contribution in [1.82, 2.24) is 9.88 Å². The summed E-state index contributed by atoms with van der Waals surface area (Å²) in [5.41, 5.74) is 2.96. The average molecular weight is 323 g/mol. The molecule has 0 unspecified atom stereocenters. The van der Waals surface area contributed by atoms with Crippen LogP contribution in [0, 0.1) is 19.8 Å². The molecule has 2 amide bonds. The molecule has 2 atom stereocenters. The number of benzene rings is 1. The zero-order chi connectivity index (χ0) is 17.3. The van der Waals surface area contributed by atoms with Crippen molar-refractivity contribution in [3.8, 4) is 0 Å². The van der Waals surface area contributed by atoms with Gasteiger partial charge in [-0.15, -0.1) is 0 Å². The van der Waals surface area contributed by atoms with Crippen molar-refractivity contribution in [3.05, 3.63) is 59.3 Å². The molecule has 124 valence electrons. The maximum absolute atomic E-state index is 12.7. The Morgan fingerprint density at radius 2 is 1.88 bits per heavy atom. The van der Waals surface area contributed by atoms with E-state index in [1.807, 2.05) is 50.2 Å². The first-order chi connectivity index (χ1) is 11.5. The van der Waals surface area contributed by atoms with E-state index in [-0.39, 0.29) is 24.3 Å². The summed E-state index contributed by atoms with van der Waals surface area (Å²) in [6, 6.07) is 13.2. The van der Waals surface area contributed by atoms with E-state index >= 15 is 0 Å². The van der Waals surface area contributed by atoms with Gasteiger partial charge < -0.3 is 10.2 Å². The van der Waals surface area contributed by atoms with Crippen molar-refractivity contribution < 1.29 is 9.59 Å². The summed E-state index contributed by atoms with van der Waals surface area (Å²) in [7, 11) is 1.76. The van der Waals surface area contributed by atoms with E-state index in [1.165, 1.54) is 0 Å². The Morgan fingerprint density at radius 3 is 2.54 bits per heavy atom. The van der Waals surface area contributed by atoms with Gasteiger partial charge in [-0.25, -0.2) is 4.98 Å². The largest absolute Gasteiger partial charge is 0.338 e. The van der Waals surface area contributed by atoms with Crippen LogP contribution in [-0.2, 0) is 9.59 Å². The normalized spacial score (nSPS) is 20.3. The number of carbonyl (C=O) groups is 2. The van der Waals surface area contributed by atoms with Gasteiger partial charge in [0.25, 0.3) is 0 Å². The Balaban J connectivity index is 1.85. The Kier molecular flexibility index (Phi) is 4.34. The molecular weight excluding hydrogens is 302 g/mol. The summed E-state index contributed by atoms with van der Waals surface area (Å²) in [5.74, 6) is -0.0912. The van der Waals surface area contributed by atoms with E-state index in [0.717, 1.165) is 16.8 Å². The lowest BCUT2D eigenvalue weighted by atomic mass is 9.92. The molecule has 1 N–H and O–H groups in total. The van der Waals surface area contributed by atoms with Gasteiger partial charge in [0.05, 0.1) is 12.0 Å². The molecule has 1 aromatic carbocycles. The molecule has 2 aromatic rings. The van der Waals surface area contributed by atoms with Crippen molar-refractivity contribution in [2.75, 3.05) is 12.4 Å². The van der Waals surface area contributed by atoms with Crippen molar-refractivity contribution >= 4 is 17.6 Å². The number of hydrogen-bond donors (Lipinski definition) is 1. The number of likely N-dealkylation sites (tertiary alicyclic amines) is 1. The van der Waals surface area contributed by atoms with Crippen LogP contribution in [0.5, 0.6) is 0 Å². The molecule has 1 aliphatic rings. The Labute approximate surface area is 141 Å². The third-order valence-electron chi connectivity index (χ3n) is 4.48. The van der Waals surface area contributed by atoms with Gasteiger partial charge in [-0.3, -0.25) is 9.59 Å². The van der Waals surface area contributed by atoms with Crippen LogP contribution >= 0.6 is 0 Å². The molecule has 0 bridgehead atoms. The number of nitrogens with one attached hydrogen (secondary N) is 1. The fourth-order valence-electron chi connectivity index (χ4n) is 3.16. The van der Waals surface area contributed by atoms with Gasteiger partial charge >= 0.3 is 0 Å². The fraction of sp³-hybridized carbons (Fsp3) is 0.316. The smallest absolute Gasteiger partial charge is 0.231 e. The molecule has 3 rings (SSSR count). The number of amides is 2. The molecule has 2 heterocycles. The Morgan fingerprint density at radius 1 is 1.17 bits per heavy atom. The fourth-order valence-corrected chi connectivity index (χ4v) is 3.16. The van der Waals surface area contributed by atoms with E-state index in [0.29, 0.717) is 5.82 Å². The average Bonchev–Trinajstić information content (AvgIpc) is 2.84. The summed E-state index contributed by atoms with van der Waals surface area (Å²) in [4.78, 5) is 30.9. The molecule has 0 radical (unpaired) electrons. The molecule has 1 saturated heterocycles. The van der Waals surface area contributed by atoms with Crippen LogP contribution in [0.4, 0.5) is 5.82 Å². The van der Waals surface area contributed by atoms with Crippen LogP contribution in [0.2, 0.25) is 0 Å². The number of carbonyl (C=O) groups excluding carboxylic acids is 2. The molecule has 1 fully saturated rings. The third kappa shape index (κ3) is 3.15. The minimum atomic E-state index is -0.424. The lowest BCUT2D eigenvalue weighted by Crippen LogP contribution is -2.30. The molecule has 24 heavy (non-hydrogen) atoms. The molecule has 1 aromatic heterocycles. The summed E-state index contributed by atoms with van der Waals surface area (Å²) in [5, 5.41) is 2.85. The summed E-state index contributed by atoms with van der Waals surface area (Å²) in [6.07, 6.45) is 0.215. The number of aromatic nitrogens is 1. The summed E-state index contributed by atoms with van der Waals surface area (Å²) >= 11 is 0. The number of anilines is 1. The standard InChI is InChI=1S/C19H21N3O2/c1-12-7-9-14(10-8-12)18-15(11-17(23)22(18)3)19(24)21-16-6-4-5-13(2)20-16/h4-10,15,18H,11H2,1-3H3,(H,20,21,24)/t15-,18+/m0/s1. The van der Waals surface area contributed by atoms with Gasteiger partial charge in [-0.1, -0.05) is 35.9 Å². The van der Waals surface area contributed by atoms with Crippen LogP contribution in [0.3, 0.4) is 0 Å². The van der Waals surface area contributed by atoms with E-state index in [4.69, 9.17) is 0 Å². The first-order valence-corrected chi connectivity index (χ1v) is 8.02. The van der Waals surface area contributed by atoms with Gasteiger partial charge in [0.1, 0.15) is 5.82 Å². The quantitative estimate of drug-likeness (QED) is 0.945. The highest BCUT2D eigenvalue weighted by Gasteiger charge is 2.42. The molecule has 0 saturated carbocycles. The van der Waals surface area contributed by atoms with Crippen molar-refractivity contribution in [1.29, 1.82) is 0 Å². The number of aryl methyl sites for hydroxylation is 2. The minimum absolute atomic E-state index is 0.0158. The van der Waals surface area contributed by atoms with Crippen LogP contribution < -0.4 is 5.32 Å². The maximum Gasteiger partial charge on any atom is 0.231 e. The van der Waals surface area contributed by atoms with Gasteiger partial charge in [0.15, 0.2) is 0 Å². The van der Waals surface area contributed by atoms with E-state index in [1.54, 1.807) is 18.0 Å². The second-order valence-corrected chi connectivity index (χ2v) is 6.32. The third-order valence-corrected chi connectivity index (χ3v) is 4.48. The Bertz CT molecular complexity index is 770. The highest BCUT2D eigenvalue weighted by atomic mass is 16.2. The van der Waals surface area contributed by atoms with Gasteiger partial charge in [-0.05, 0) is 31.5 Å². The van der Waals surface area contributed by atoms with Gasteiger partial charge in [0, 0.05) is 19.2 Å². The lowest BCUT2D eigenvalue weighted by molar-refractivity contribution is -0.127. The van der Waals surface area contributed by atoms with Crippen molar-refractivity contribution in [2.24, 2.45) is 5.92 Å². The topological polar surface area (TPSA) is 62.3 Å². The molecule has 0 aliphatic carbocycles. The van der Waals surface area contributed by atoms with Crippen LogP contribution in [-0.4, -0.2) is 28.7 Å². The number of rotatable bonds is 3. The van der Waals surface area contributed by atoms with Crippen molar-refractivity contribution in [2.45, 2.75) is 26.3 Å². The predicted octanol–water partition coefficient (Wildman–Crippen LogP) is 2.86. The molecule has 1 aliphatic heterocycles. The zero-order valence-electron chi connectivity index (χ0n) is 14.1. The van der Waals surface area contributed by atoms with Gasteiger partial charge in [0.2, 0.25) is 11.8 Å². The highest BCUT2D eigenvalue weighted by Crippen LogP contribution is 2.37. The molecular formula is C19H21N3O2. The van der Waals surface area contributed by atoms with Crippen LogP contribution in [0.1, 0.15) is 29.3 Å². The number of pyridine rings is 1. The van der Waals surface area contributed by atoms with E-state index < -0.39 is 5.92 Å². The maximum atomic E-state index is 12.7. The SMILES string of the molecule is Cc1ccc([C@@H]2[C@@H](C(=O)Nc3cccc(C)n3)CC(=O)N2C)cc1. The predicted molar refractivity (Wildman–Crippen MR) is 92.4 cm³/mol. The first-order valence-electron chi connectivity index (χ1n) is 8.02. The number of hydrogen-bond acceptors (Lipinski definition) is 3. The Hall–Kier alpha value is -2.69. The van der Waals surface area contributed by atoms with Crippen molar-refractivity contribution in [3.63, 3.8) is 0 Å². The zero-order valence-corrected chi connectivity index (χ0v) is 14.1. The molecule has 5 nitrogen and oxygen atoms in total.